The molecule has 0 bridgehead atoms. The normalized spacial score (nSPS) is 11.9. The van der Waals surface area contributed by atoms with Crippen molar-refractivity contribution in [3.8, 4) is 0 Å². The molecule has 8 nitrogen and oxygen atoms in total. The number of nitrogen functional groups attached to an aromatic ring is 1. The standard InChI is InChI=1S/C11H18N6O2S/c1-8-10(11(12)15-17(8)3)20(18,19)14-5-4-9-13-6-7-16(9)2/h6-7,14H,4-5H2,1-3H3,(H2,12,15). The van der Waals surface area contributed by atoms with Gasteiger partial charge in [-0.05, 0) is 6.92 Å². The summed E-state index contributed by atoms with van der Waals surface area (Å²) in [6, 6.07) is 0. The van der Waals surface area contributed by atoms with Gasteiger partial charge in [0.15, 0.2) is 5.82 Å². The Morgan fingerprint density at radius 1 is 1.40 bits per heavy atom. The van der Waals surface area contributed by atoms with E-state index in [-0.39, 0.29) is 17.3 Å². The highest BCUT2D eigenvalue weighted by Crippen LogP contribution is 2.20. The van der Waals surface area contributed by atoms with Crippen LogP contribution in [0.4, 0.5) is 5.82 Å². The molecule has 0 aliphatic heterocycles. The molecule has 2 heterocycles. The lowest BCUT2D eigenvalue weighted by Gasteiger charge is -2.07. The third-order valence-corrected chi connectivity index (χ3v) is 4.76. The number of hydrogen-bond donors (Lipinski definition) is 2. The molecule has 0 unspecified atom stereocenters. The van der Waals surface area contributed by atoms with Crippen molar-refractivity contribution in [1.29, 1.82) is 0 Å². The Labute approximate surface area is 117 Å². The zero-order valence-corrected chi connectivity index (χ0v) is 12.5. The van der Waals surface area contributed by atoms with Crippen molar-refractivity contribution >= 4 is 15.8 Å². The highest BCUT2D eigenvalue weighted by molar-refractivity contribution is 7.89. The number of hydrogen-bond acceptors (Lipinski definition) is 5. The number of sulfonamides is 1. The second-order valence-electron chi connectivity index (χ2n) is 4.53. The number of anilines is 1. The van der Waals surface area contributed by atoms with Gasteiger partial charge in [0.1, 0.15) is 10.7 Å². The fourth-order valence-corrected chi connectivity index (χ4v) is 3.31. The minimum absolute atomic E-state index is 0.00879. The summed E-state index contributed by atoms with van der Waals surface area (Å²) < 4.78 is 30.3. The summed E-state index contributed by atoms with van der Waals surface area (Å²) in [6.07, 6.45) is 3.99. The number of nitrogens with one attached hydrogen (secondary N) is 1. The van der Waals surface area contributed by atoms with Gasteiger partial charge in [-0.25, -0.2) is 18.1 Å². The summed E-state index contributed by atoms with van der Waals surface area (Å²) >= 11 is 0. The summed E-state index contributed by atoms with van der Waals surface area (Å²) in [5.74, 6) is 0.818. The summed E-state index contributed by atoms with van der Waals surface area (Å²) in [6.45, 7) is 1.91. The maximum atomic E-state index is 12.2. The number of nitrogens with zero attached hydrogens (tertiary/aromatic N) is 4. The van der Waals surface area contributed by atoms with Gasteiger partial charge in [-0.1, -0.05) is 0 Å². The fraction of sp³-hybridized carbons (Fsp3) is 0.455. The number of aryl methyl sites for hydroxylation is 2. The zero-order valence-electron chi connectivity index (χ0n) is 11.7. The Balaban J connectivity index is 2.10. The SMILES string of the molecule is Cc1c(S(=O)(=O)NCCc2nccn2C)c(N)nn1C. The molecule has 0 radical (unpaired) electrons. The van der Waals surface area contributed by atoms with Gasteiger partial charge in [0.2, 0.25) is 10.0 Å². The Morgan fingerprint density at radius 3 is 2.60 bits per heavy atom. The molecule has 20 heavy (non-hydrogen) atoms. The third kappa shape index (κ3) is 2.68. The Morgan fingerprint density at radius 2 is 2.10 bits per heavy atom. The third-order valence-electron chi connectivity index (χ3n) is 3.13. The van der Waals surface area contributed by atoms with Crippen LogP contribution in [0.1, 0.15) is 11.5 Å². The van der Waals surface area contributed by atoms with Crippen molar-refractivity contribution in [3.63, 3.8) is 0 Å². The minimum atomic E-state index is -3.66. The second kappa shape index (κ2) is 5.25. The van der Waals surface area contributed by atoms with Crippen molar-refractivity contribution in [2.75, 3.05) is 12.3 Å². The summed E-state index contributed by atoms with van der Waals surface area (Å²) in [5.41, 5.74) is 6.16. The maximum Gasteiger partial charge on any atom is 0.246 e. The highest BCUT2D eigenvalue weighted by Gasteiger charge is 2.24. The molecule has 0 aliphatic rings. The molecule has 2 rings (SSSR count). The highest BCUT2D eigenvalue weighted by atomic mass is 32.2. The average molecular weight is 298 g/mol. The van der Waals surface area contributed by atoms with Gasteiger partial charge in [0.25, 0.3) is 0 Å². The largest absolute Gasteiger partial charge is 0.381 e. The van der Waals surface area contributed by atoms with Crippen LogP contribution in [-0.4, -0.2) is 34.3 Å². The monoisotopic (exact) mass is 298 g/mol. The van der Waals surface area contributed by atoms with Crippen LogP contribution in [0, 0.1) is 6.92 Å². The molecule has 2 aromatic rings. The molecule has 0 aromatic carbocycles. The van der Waals surface area contributed by atoms with Crippen molar-refractivity contribution in [1.82, 2.24) is 24.1 Å². The first-order chi connectivity index (χ1) is 9.33. The molecule has 0 saturated heterocycles. The van der Waals surface area contributed by atoms with Crippen LogP contribution in [-0.2, 0) is 30.5 Å². The molecule has 0 aliphatic carbocycles. The molecule has 0 saturated carbocycles. The van der Waals surface area contributed by atoms with Crippen LogP contribution in [0.2, 0.25) is 0 Å². The van der Waals surface area contributed by atoms with E-state index < -0.39 is 10.0 Å². The van der Waals surface area contributed by atoms with Crippen molar-refractivity contribution in [3.05, 3.63) is 23.9 Å². The van der Waals surface area contributed by atoms with E-state index in [2.05, 4.69) is 14.8 Å². The van der Waals surface area contributed by atoms with Crippen LogP contribution >= 0.6 is 0 Å². The molecular formula is C11H18N6O2S. The van der Waals surface area contributed by atoms with E-state index in [4.69, 9.17) is 5.73 Å². The van der Waals surface area contributed by atoms with Gasteiger partial charge in [-0.3, -0.25) is 4.68 Å². The van der Waals surface area contributed by atoms with E-state index in [1.54, 1.807) is 20.2 Å². The molecule has 0 amide bonds. The Bertz CT molecular complexity index is 715. The van der Waals surface area contributed by atoms with Crippen molar-refractivity contribution < 1.29 is 8.42 Å². The van der Waals surface area contributed by atoms with E-state index in [0.717, 1.165) is 5.82 Å². The predicted molar refractivity (Wildman–Crippen MR) is 74.5 cm³/mol. The summed E-state index contributed by atoms with van der Waals surface area (Å²) in [4.78, 5) is 4.18. The second-order valence-corrected chi connectivity index (χ2v) is 6.23. The predicted octanol–water partition coefficient (Wildman–Crippen LogP) is -0.435. The van der Waals surface area contributed by atoms with Crippen LogP contribution < -0.4 is 10.5 Å². The Hall–Kier alpha value is -1.87. The van der Waals surface area contributed by atoms with Crippen LogP contribution in [0.25, 0.3) is 0 Å². The number of aromatic nitrogens is 4. The molecule has 0 spiro atoms. The molecular weight excluding hydrogens is 280 g/mol. The van der Waals surface area contributed by atoms with Crippen LogP contribution in [0.3, 0.4) is 0 Å². The lowest BCUT2D eigenvalue weighted by molar-refractivity contribution is 0.579. The van der Waals surface area contributed by atoms with Gasteiger partial charge < -0.3 is 10.3 Å². The van der Waals surface area contributed by atoms with E-state index >= 15 is 0 Å². The summed E-state index contributed by atoms with van der Waals surface area (Å²) in [7, 11) is -0.150. The Kier molecular flexibility index (Phi) is 3.82. The minimum Gasteiger partial charge on any atom is -0.381 e. The van der Waals surface area contributed by atoms with Gasteiger partial charge in [0, 0.05) is 39.5 Å². The lowest BCUT2D eigenvalue weighted by atomic mass is 10.4. The average Bonchev–Trinajstić information content (AvgIpc) is 2.84. The molecule has 0 fully saturated rings. The smallest absolute Gasteiger partial charge is 0.246 e. The zero-order chi connectivity index (χ0) is 14.9. The van der Waals surface area contributed by atoms with E-state index in [1.807, 2.05) is 17.8 Å². The van der Waals surface area contributed by atoms with Crippen molar-refractivity contribution in [2.24, 2.45) is 14.1 Å². The number of imidazole rings is 1. The molecule has 9 heteroatoms. The first-order valence-electron chi connectivity index (χ1n) is 6.08. The number of rotatable bonds is 5. The van der Waals surface area contributed by atoms with Gasteiger partial charge in [-0.15, -0.1) is 0 Å². The first kappa shape index (κ1) is 14.5. The summed E-state index contributed by atoms with van der Waals surface area (Å²) in [5, 5.41) is 3.91. The van der Waals surface area contributed by atoms with E-state index in [0.29, 0.717) is 12.1 Å². The lowest BCUT2D eigenvalue weighted by Crippen LogP contribution is -2.27. The van der Waals surface area contributed by atoms with Crippen LogP contribution in [0.5, 0.6) is 0 Å². The molecule has 3 N–H and O–H groups in total. The molecule has 110 valence electrons. The van der Waals surface area contributed by atoms with Gasteiger partial charge in [-0.2, -0.15) is 5.10 Å². The van der Waals surface area contributed by atoms with Crippen LogP contribution in [0.15, 0.2) is 17.3 Å². The fourth-order valence-electron chi connectivity index (χ4n) is 1.95. The van der Waals surface area contributed by atoms with Gasteiger partial charge >= 0.3 is 0 Å². The van der Waals surface area contributed by atoms with E-state index in [9.17, 15) is 8.42 Å². The maximum absolute atomic E-state index is 12.2. The molecule has 0 atom stereocenters. The quantitative estimate of drug-likeness (QED) is 0.778. The topological polar surface area (TPSA) is 108 Å². The molecule has 2 aromatic heterocycles. The van der Waals surface area contributed by atoms with Crippen molar-refractivity contribution in [2.45, 2.75) is 18.2 Å². The first-order valence-corrected chi connectivity index (χ1v) is 7.56. The number of nitrogens with two attached hydrogens (primary N) is 1. The van der Waals surface area contributed by atoms with E-state index in [1.165, 1.54) is 4.68 Å². The van der Waals surface area contributed by atoms with Gasteiger partial charge in [0.05, 0.1) is 5.69 Å².